The second kappa shape index (κ2) is 13.2. The number of ketones is 1. The molecule has 50 heavy (non-hydrogen) atoms. The third-order valence-corrected chi connectivity index (χ3v) is 10.8. The van der Waals surface area contributed by atoms with Crippen molar-refractivity contribution in [2.45, 2.75) is 64.3 Å². The number of ether oxygens (including phenoxy) is 2. The number of carbonyl (C=O) groups is 3. The van der Waals surface area contributed by atoms with E-state index in [1.54, 1.807) is 36.5 Å². The summed E-state index contributed by atoms with van der Waals surface area (Å²) in [6, 6.07) is 4.76. The summed E-state index contributed by atoms with van der Waals surface area (Å²) in [5.41, 5.74) is 2.68. The Bertz CT molecular complexity index is 1990. The maximum atomic E-state index is 14.3. The zero-order chi connectivity index (χ0) is 34.6. The van der Waals surface area contributed by atoms with Gasteiger partial charge in [0.05, 0.1) is 43.3 Å². The standard InChI is InChI=1S/C35H38BrN9O5/c1-20(46)32-25-10-26(23-13-37-21(2)38-14-23)39-15-28(25)44(42-32)17-31(47)45-27-11-35(12-29(35)45)19-49-18-24-16-43(8-9-50-24)7-3-4-22-5-6-30(36)40-33(22)41-34(27)48/h5-6,10,13-15,24,27,29H,3-4,7-9,11-12,16-19H2,1-2H3,(H,40,41,48)/t24?,27-,29?,35-/m0/s1. The Morgan fingerprint density at radius 2 is 1.96 bits per heavy atom. The summed E-state index contributed by atoms with van der Waals surface area (Å²) in [6.07, 6.45) is 7.80. The van der Waals surface area contributed by atoms with Gasteiger partial charge in [0.15, 0.2) is 5.78 Å². The van der Waals surface area contributed by atoms with Crippen LogP contribution in [0.25, 0.3) is 22.2 Å². The summed E-state index contributed by atoms with van der Waals surface area (Å²) < 4.78 is 14.4. The highest BCUT2D eigenvalue weighted by Gasteiger charge is 2.67. The summed E-state index contributed by atoms with van der Waals surface area (Å²) >= 11 is 3.46. The summed E-state index contributed by atoms with van der Waals surface area (Å²) in [7, 11) is 0. The molecule has 7 heterocycles. The molecule has 4 bridgehead atoms. The van der Waals surface area contributed by atoms with Gasteiger partial charge in [0.2, 0.25) is 11.8 Å². The van der Waals surface area contributed by atoms with Crippen LogP contribution in [0.2, 0.25) is 0 Å². The predicted molar refractivity (Wildman–Crippen MR) is 185 cm³/mol. The Balaban J connectivity index is 1.09. The number of aromatic nitrogens is 6. The van der Waals surface area contributed by atoms with Crippen molar-refractivity contribution in [1.82, 2.24) is 39.5 Å². The summed E-state index contributed by atoms with van der Waals surface area (Å²) in [5.74, 6) is 0.352. The van der Waals surface area contributed by atoms with E-state index in [9.17, 15) is 14.4 Å². The summed E-state index contributed by atoms with van der Waals surface area (Å²) in [6.45, 7) is 7.24. The minimum Gasteiger partial charge on any atom is -0.378 e. The van der Waals surface area contributed by atoms with Gasteiger partial charge in [-0.25, -0.2) is 15.0 Å². The number of halogens is 1. The number of carbonyl (C=O) groups excluding carboxylic acids is 3. The Morgan fingerprint density at radius 1 is 1.12 bits per heavy atom. The van der Waals surface area contributed by atoms with Gasteiger partial charge < -0.3 is 19.7 Å². The number of piperidine rings is 1. The zero-order valence-corrected chi connectivity index (χ0v) is 29.6. The Hall–Kier alpha value is -4.18. The maximum absolute atomic E-state index is 14.3. The minimum absolute atomic E-state index is 0.0235. The van der Waals surface area contributed by atoms with Crippen LogP contribution >= 0.6 is 15.9 Å². The van der Waals surface area contributed by atoms with E-state index in [1.807, 2.05) is 12.1 Å². The number of Topliss-reactive ketones (excluding diaryl/α,β-unsaturated/α-hetero) is 1. The van der Waals surface area contributed by atoms with E-state index in [4.69, 9.17) is 9.47 Å². The molecule has 1 spiro atoms. The zero-order valence-electron chi connectivity index (χ0n) is 28.0. The maximum Gasteiger partial charge on any atom is 0.248 e. The number of pyridine rings is 2. The number of morpholine rings is 1. The fourth-order valence-electron chi connectivity index (χ4n) is 7.71. The van der Waals surface area contributed by atoms with Gasteiger partial charge in [-0.3, -0.25) is 28.9 Å². The second-order valence-electron chi connectivity index (χ2n) is 13.8. The number of hydrogen-bond acceptors (Lipinski definition) is 11. The number of hydrogen-bond donors (Lipinski definition) is 1. The fraction of sp³-hybridized carbons (Fsp3) is 0.486. The van der Waals surface area contributed by atoms with Crippen LogP contribution in [0.3, 0.4) is 0 Å². The van der Waals surface area contributed by atoms with Crippen LogP contribution in [0.4, 0.5) is 5.82 Å². The molecule has 5 atom stereocenters. The lowest BCUT2D eigenvalue weighted by atomic mass is 10.00. The van der Waals surface area contributed by atoms with Crippen LogP contribution in [0.5, 0.6) is 0 Å². The van der Waals surface area contributed by atoms with Gasteiger partial charge in [0.25, 0.3) is 0 Å². The van der Waals surface area contributed by atoms with Gasteiger partial charge in [-0.1, -0.05) is 6.07 Å². The van der Waals surface area contributed by atoms with E-state index in [1.165, 1.54) is 11.6 Å². The van der Waals surface area contributed by atoms with Crippen molar-refractivity contribution >= 4 is 50.2 Å². The topological polar surface area (TPSA) is 158 Å². The van der Waals surface area contributed by atoms with E-state index < -0.39 is 6.04 Å². The number of anilines is 1. The van der Waals surface area contributed by atoms with Crippen molar-refractivity contribution in [3.05, 3.63) is 58.5 Å². The van der Waals surface area contributed by atoms with Crippen molar-refractivity contribution in [3.8, 4) is 11.3 Å². The first-order valence-electron chi connectivity index (χ1n) is 17.0. The second-order valence-corrected chi connectivity index (χ2v) is 14.6. The van der Waals surface area contributed by atoms with Crippen LogP contribution in [-0.2, 0) is 32.0 Å². The molecule has 14 nitrogen and oxygen atoms in total. The third kappa shape index (κ3) is 6.31. The number of likely N-dealkylation sites (tertiary alicyclic amines) is 1. The number of amides is 2. The van der Waals surface area contributed by atoms with Crippen LogP contribution in [0, 0.1) is 12.3 Å². The van der Waals surface area contributed by atoms with Crippen molar-refractivity contribution in [2.75, 3.05) is 44.8 Å². The van der Waals surface area contributed by atoms with Crippen molar-refractivity contribution in [3.63, 3.8) is 0 Å². The number of aryl methyl sites for hydroxylation is 2. The predicted octanol–water partition coefficient (Wildman–Crippen LogP) is 3.22. The Morgan fingerprint density at radius 3 is 2.78 bits per heavy atom. The molecule has 0 aromatic carbocycles. The van der Waals surface area contributed by atoms with Gasteiger partial charge in [-0.2, -0.15) is 5.10 Å². The average Bonchev–Trinajstić information content (AvgIpc) is 3.51. The molecule has 4 aliphatic rings. The van der Waals surface area contributed by atoms with Crippen LogP contribution in [0.1, 0.15) is 48.1 Å². The molecule has 1 aliphatic carbocycles. The molecule has 2 amide bonds. The molecule has 4 aromatic heterocycles. The smallest absolute Gasteiger partial charge is 0.248 e. The molecule has 1 N–H and O–H groups in total. The van der Waals surface area contributed by atoms with Gasteiger partial charge in [-0.15, -0.1) is 0 Å². The molecule has 8 rings (SSSR count). The summed E-state index contributed by atoms with van der Waals surface area (Å²) in [5, 5.41) is 8.24. The Kier molecular flexibility index (Phi) is 8.69. The van der Waals surface area contributed by atoms with Gasteiger partial charge in [0.1, 0.15) is 34.5 Å². The molecule has 15 heteroatoms. The van der Waals surface area contributed by atoms with Crippen LogP contribution < -0.4 is 5.32 Å². The molecule has 3 unspecified atom stereocenters. The minimum atomic E-state index is -0.729. The highest BCUT2D eigenvalue weighted by Crippen LogP contribution is 2.60. The number of fused-ring (bicyclic) bond motifs is 5. The quantitative estimate of drug-likeness (QED) is 0.242. The molecular weight excluding hydrogens is 706 g/mol. The van der Waals surface area contributed by atoms with Crippen molar-refractivity contribution in [2.24, 2.45) is 5.41 Å². The van der Waals surface area contributed by atoms with E-state index in [0.29, 0.717) is 64.6 Å². The average molecular weight is 745 g/mol. The van der Waals surface area contributed by atoms with E-state index >= 15 is 0 Å². The van der Waals surface area contributed by atoms with Crippen molar-refractivity contribution < 1.29 is 23.9 Å². The molecule has 3 aliphatic heterocycles. The molecule has 260 valence electrons. The van der Waals surface area contributed by atoms with E-state index in [2.05, 4.69) is 51.2 Å². The summed E-state index contributed by atoms with van der Waals surface area (Å²) in [4.78, 5) is 63.0. The molecule has 1 saturated carbocycles. The van der Waals surface area contributed by atoms with Gasteiger partial charge in [-0.05, 0) is 72.8 Å². The highest BCUT2D eigenvalue weighted by atomic mass is 79.9. The van der Waals surface area contributed by atoms with Gasteiger partial charge in [0, 0.05) is 54.8 Å². The lowest BCUT2D eigenvalue weighted by Gasteiger charge is -2.33. The first kappa shape index (κ1) is 33.0. The Labute approximate surface area is 297 Å². The molecule has 0 radical (unpaired) electrons. The number of rotatable bonds is 4. The van der Waals surface area contributed by atoms with E-state index in [0.717, 1.165) is 44.5 Å². The number of nitrogens with one attached hydrogen (secondary N) is 1. The molecule has 3 fully saturated rings. The normalized spacial score (nSPS) is 26.6. The third-order valence-electron chi connectivity index (χ3n) is 10.4. The van der Waals surface area contributed by atoms with Crippen LogP contribution in [-0.4, -0.2) is 115 Å². The van der Waals surface area contributed by atoms with Gasteiger partial charge >= 0.3 is 0 Å². The number of nitrogens with zero attached hydrogens (tertiary/aromatic N) is 8. The monoisotopic (exact) mass is 743 g/mol. The fourth-order valence-corrected chi connectivity index (χ4v) is 8.02. The highest BCUT2D eigenvalue weighted by molar-refractivity contribution is 9.10. The first-order chi connectivity index (χ1) is 24.2. The molecule has 2 saturated heterocycles. The first-order valence-corrected chi connectivity index (χ1v) is 17.8. The molecule has 4 aromatic rings. The SMILES string of the molecule is CC(=O)c1nn(CC(=O)N2C3C[C@@]34COCC3CN(CCCc5ccc(Br)nc5NC(=O)[C@@H]2C4)CCO3)c2cnc(-c3cnc(C)nc3)cc12. The lowest BCUT2D eigenvalue weighted by Crippen LogP contribution is -2.47. The van der Waals surface area contributed by atoms with E-state index in [-0.39, 0.29) is 47.4 Å². The largest absolute Gasteiger partial charge is 0.378 e. The lowest BCUT2D eigenvalue weighted by molar-refractivity contribution is -0.138. The molecular formula is C35H38BrN9O5. The van der Waals surface area contributed by atoms with Crippen molar-refractivity contribution in [1.29, 1.82) is 0 Å². The van der Waals surface area contributed by atoms with Crippen LogP contribution in [0.15, 0.2) is 41.4 Å².